The number of hydrogen-bond acceptors (Lipinski definition) is 5. The zero-order valence-corrected chi connectivity index (χ0v) is 10.0. The van der Waals surface area contributed by atoms with Gasteiger partial charge in [0.15, 0.2) is 0 Å². The maximum absolute atomic E-state index is 10.7. The highest BCUT2D eigenvalue weighted by Crippen LogP contribution is 2.16. The molecule has 0 unspecified atom stereocenters. The maximum Gasteiger partial charge on any atom is 0.446 e. The van der Waals surface area contributed by atoms with Crippen molar-refractivity contribution in [1.82, 2.24) is 0 Å². The summed E-state index contributed by atoms with van der Waals surface area (Å²) in [5.74, 6) is -1.59. The van der Waals surface area contributed by atoms with E-state index in [1.54, 1.807) is 0 Å². The fourth-order valence-corrected chi connectivity index (χ4v) is 1.45. The van der Waals surface area contributed by atoms with Crippen molar-refractivity contribution in [3.05, 3.63) is 35.6 Å². The SMILES string of the molecule is CO/C(=C\c1ccc(OS(=O)(=O)O)cc1)C(=O)O. The smallest absolute Gasteiger partial charge is 0.446 e. The van der Waals surface area contributed by atoms with Gasteiger partial charge in [-0.3, -0.25) is 4.55 Å². The minimum Gasteiger partial charge on any atom is -0.490 e. The van der Waals surface area contributed by atoms with E-state index < -0.39 is 16.4 Å². The zero-order valence-electron chi connectivity index (χ0n) is 9.23. The highest BCUT2D eigenvalue weighted by Gasteiger charge is 2.08. The Morgan fingerprint density at radius 2 is 1.83 bits per heavy atom. The molecular formula is C10H10O7S. The Hall–Kier alpha value is -2.06. The second kappa shape index (κ2) is 5.52. The van der Waals surface area contributed by atoms with Crippen LogP contribution in [0.1, 0.15) is 5.56 Å². The summed E-state index contributed by atoms with van der Waals surface area (Å²) < 4.78 is 38.1. The molecular weight excluding hydrogens is 264 g/mol. The van der Waals surface area contributed by atoms with Crippen LogP contribution in [0.3, 0.4) is 0 Å². The van der Waals surface area contributed by atoms with Crippen LogP contribution < -0.4 is 4.18 Å². The van der Waals surface area contributed by atoms with E-state index in [9.17, 15) is 13.2 Å². The van der Waals surface area contributed by atoms with E-state index in [0.29, 0.717) is 5.56 Å². The Kier molecular flexibility index (Phi) is 4.29. The summed E-state index contributed by atoms with van der Waals surface area (Å²) in [7, 11) is -3.35. The van der Waals surface area contributed by atoms with Crippen molar-refractivity contribution in [2.45, 2.75) is 0 Å². The van der Waals surface area contributed by atoms with Gasteiger partial charge in [0.2, 0.25) is 5.76 Å². The Bertz CT molecular complexity index is 556. The van der Waals surface area contributed by atoms with Gasteiger partial charge in [-0.1, -0.05) is 12.1 Å². The fraction of sp³-hybridized carbons (Fsp3) is 0.100. The summed E-state index contributed by atoms with van der Waals surface area (Å²) in [4.78, 5) is 10.7. The molecule has 0 amide bonds. The summed E-state index contributed by atoms with van der Waals surface area (Å²) in [6, 6.07) is 5.33. The molecule has 0 atom stereocenters. The third-order valence-electron chi connectivity index (χ3n) is 1.81. The molecule has 0 bridgehead atoms. The van der Waals surface area contributed by atoms with Crippen molar-refractivity contribution < 1.29 is 31.8 Å². The minimum absolute atomic E-state index is 0.0936. The van der Waals surface area contributed by atoms with Crippen molar-refractivity contribution in [3.63, 3.8) is 0 Å². The largest absolute Gasteiger partial charge is 0.490 e. The molecule has 98 valence electrons. The molecule has 0 spiro atoms. The van der Waals surface area contributed by atoms with E-state index in [0.717, 1.165) is 0 Å². The number of carboxylic acids is 1. The maximum atomic E-state index is 10.7. The third-order valence-corrected chi connectivity index (χ3v) is 2.21. The summed E-state index contributed by atoms with van der Waals surface area (Å²) in [6.07, 6.45) is 1.25. The lowest BCUT2D eigenvalue weighted by Gasteiger charge is -2.02. The van der Waals surface area contributed by atoms with Gasteiger partial charge < -0.3 is 14.0 Å². The van der Waals surface area contributed by atoms with Crippen LogP contribution in [-0.4, -0.2) is 31.2 Å². The van der Waals surface area contributed by atoms with Crippen LogP contribution in [0.4, 0.5) is 0 Å². The first-order valence-electron chi connectivity index (χ1n) is 4.58. The van der Waals surface area contributed by atoms with Crippen molar-refractivity contribution in [2.24, 2.45) is 0 Å². The number of aliphatic carboxylic acids is 1. The van der Waals surface area contributed by atoms with Crippen molar-refractivity contribution in [1.29, 1.82) is 0 Å². The van der Waals surface area contributed by atoms with E-state index in [2.05, 4.69) is 8.92 Å². The monoisotopic (exact) mass is 274 g/mol. The standard InChI is InChI=1S/C10H10O7S/c1-16-9(10(11)12)6-7-2-4-8(5-3-7)17-18(13,14)15/h2-6H,1H3,(H,11,12)(H,13,14,15)/b9-6-. The molecule has 18 heavy (non-hydrogen) atoms. The van der Waals surface area contributed by atoms with Crippen LogP contribution >= 0.6 is 0 Å². The van der Waals surface area contributed by atoms with Crippen LogP contribution in [0.5, 0.6) is 5.75 Å². The Balaban J connectivity index is 2.93. The Labute approximate surface area is 103 Å². The van der Waals surface area contributed by atoms with E-state index in [-0.39, 0.29) is 11.5 Å². The van der Waals surface area contributed by atoms with Crippen molar-refractivity contribution in [2.75, 3.05) is 7.11 Å². The van der Waals surface area contributed by atoms with Gasteiger partial charge in [0.25, 0.3) is 0 Å². The van der Waals surface area contributed by atoms with Crippen molar-refractivity contribution >= 4 is 22.4 Å². The lowest BCUT2D eigenvalue weighted by molar-refractivity contribution is -0.135. The molecule has 0 fully saturated rings. The van der Waals surface area contributed by atoms with Gasteiger partial charge in [-0.25, -0.2) is 4.79 Å². The van der Waals surface area contributed by atoms with Gasteiger partial charge in [-0.05, 0) is 23.8 Å². The molecule has 0 radical (unpaired) electrons. The first-order chi connectivity index (χ1) is 8.31. The summed E-state index contributed by atoms with van der Waals surface area (Å²) >= 11 is 0. The highest BCUT2D eigenvalue weighted by atomic mass is 32.3. The average molecular weight is 274 g/mol. The number of hydrogen-bond donors (Lipinski definition) is 2. The zero-order chi connectivity index (χ0) is 13.8. The predicted molar refractivity (Wildman–Crippen MR) is 61.2 cm³/mol. The number of carbonyl (C=O) groups is 1. The molecule has 2 N–H and O–H groups in total. The van der Waals surface area contributed by atoms with Gasteiger partial charge in [0.1, 0.15) is 5.75 Å². The average Bonchev–Trinajstić information content (AvgIpc) is 2.25. The van der Waals surface area contributed by atoms with E-state index >= 15 is 0 Å². The van der Waals surface area contributed by atoms with Gasteiger partial charge in [-0.15, -0.1) is 0 Å². The fourth-order valence-electron chi connectivity index (χ4n) is 1.10. The van der Waals surface area contributed by atoms with Crippen LogP contribution in [0.2, 0.25) is 0 Å². The van der Waals surface area contributed by atoms with Crippen molar-refractivity contribution in [3.8, 4) is 5.75 Å². The molecule has 0 aliphatic heterocycles. The molecule has 7 nitrogen and oxygen atoms in total. The van der Waals surface area contributed by atoms with E-state index in [4.69, 9.17) is 9.66 Å². The molecule has 8 heteroatoms. The van der Waals surface area contributed by atoms with Crippen LogP contribution in [0, 0.1) is 0 Å². The lowest BCUT2D eigenvalue weighted by atomic mass is 10.2. The Morgan fingerprint density at radius 3 is 2.22 bits per heavy atom. The Morgan fingerprint density at radius 1 is 1.28 bits per heavy atom. The van der Waals surface area contributed by atoms with Crippen LogP contribution in [-0.2, 0) is 19.9 Å². The lowest BCUT2D eigenvalue weighted by Crippen LogP contribution is -2.06. The molecule has 0 saturated heterocycles. The second-order valence-corrected chi connectivity index (χ2v) is 4.12. The van der Waals surface area contributed by atoms with E-state index in [1.807, 2.05) is 0 Å². The molecule has 0 aliphatic carbocycles. The van der Waals surface area contributed by atoms with Gasteiger partial charge in [-0.2, -0.15) is 8.42 Å². The van der Waals surface area contributed by atoms with Gasteiger partial charge >= 0.3 is 16.4 Å². The van der Waals surface area contributed by atoms with Gasteiger partial charge in [0.05, 0.1) is 7.11 Å². The first kappa shape index (κ1) is 14.0. The predicted octanol–water partition coefficient (Wildman–Crippen LogP) is 0.940. The van der Waals surface area contributed by atoms with Crippen LogP contribution in [0.25, 0.3) is 6.08 Å². The number of methoxy groups -OCH3 is 1. The first-order valence-corrected chi connectivity index (χ1v) is 5.94. The van der Waals surface area contributed by atoms with Gasteiger partial charge in [0, 0.05) is 0 Å². The third kappa shape index (κ3) is 4.44. The number of carboxylic acid groups (broad SMARTS) is 1. The molecule has 1 rings (SSSR count). The number of benzene rings is 1. The summed E-state index contributed by atoms with van der Waals surface area (Å²) in [5, 5.41) is 8.71. The molecule has 1 aromatic carbocycles. The summed E-state index contributed by atoms with van der Waals surface area (Å²) in [6.45, 7) is 0. The molecule has 0 heterocycles. The molecule has 0 saturated carbocycles. The summed E-state index contributed by atoms with van der Waals surface area (Å²) in [5.41, 5.74) is 0.469. The molecule has 0 aliphatic rings. The molecule has 1 aromatic rings. The van der Waals surface area contributed by atoms with Crippen LogP contribution in [0.15, 0.2) is 30.0 Å². The molecule has 0 aromatic heterocycles. The topological polar surface area (TPSA) is 110 Å². The highest BCUT2D eigenvalue weighted by molar-refractivity contribution is 7.81. The minimum atomic E-state index is -4.57. The van der Waals surface area contributed by atoms with E-state index in [1.165, 1.54) is 37.5 Å². The normalized spacial score (nSPS) is 12.0. The number of rotatable bonds is 5. The second-order valence-electron chi connectivity index (χ2n) is 3.10. The quantitative estimate of drug-likeness (QED) is 0.467. The number of ether oxygens (including phenoxy) is 1.